The molecule has 1 amide bonds. The van der Waals surface area contributed by atoms with Gasteiger partial charge in [0.1, 0.15) is 0 Å². The Labute approximate surface area is 114 Å². The molecule has 1 fully saturated rings. The SMILES string of the molecule is CCCNC1COCC1C(=O)NCCSC(F)(F)F. The Hall–Kier alpha value is -0.470. The predicted molar refractivity (Wildman–Crippen MR) is 67.9 cm³/mol. The van der Waals surface area contributed by atoms with E-state index in [0.717, 1.165) is 13.0 Å². The Morgan fingerprint density at radius 2 is 2.11 bits per heavy atom. The number of hydrogen-bond donors (Lipinski definition) is 2. The van der Waals surface area contributed by atoms with Gasteiger partial charge in [-0.15, -0.1) is 0 Å². The van der Waals surface area contributed by atoms with Crippen molar-refractivity contribution in [1.82, 2.24) is 10.6 Å². The zero-order chi connectivity index (χ0) is 14.3. The lowest BCUT2D eigenvalue weighted by Crippen LogP contribution is -2.44. The smallest absolute Gasteiger partial charge is 0.379 e. The van der Waals surface area contributed by atoms with E-state index in [4.69, 9.17) is 4.74 Å². The van der Waals surface area contributed by atoms with Gasteiger partial charge in [-0.2, -0.15) is 13.2 Å². The van der Waals surface area contributed by atoms with Crippen LogP contribution < -0.4 is 10.6 Å². The summed E-state index contributed by atoms with van der Waals surface area (Å²) in [6, 6.07) is -0.0461. The standard InChI is InChI=1S/C11H19F3N2O2S/c1-2-3-15-9-7-18-6-8(9)10(17)16-4-5-19-11(12,13)14/h8-9,15H,2-7H2,1H3,(H,16,17). The first-order chi connectivity index (χ1) is 8.94. The van der Waals surface area contributed by atoms with Crippen molar-refractivity contribution < 1.29 is 22.7 Å². The van der Waals surface area contributed by atoms with Gasteiger partial charge in [-0.05, 0) is 24.7 Å². The van der Waals surface area contributed by atoms with E-state index in [-0.39, 0.29) is 41.9 Å². The van der Waals surface area contributed by atoms with Gasteiger partial charge in [0.2, 0.25) is 5.91 Å². The fraction of sp³-hybridized carbons (Fsp3) is 0.909. The number of carbonyl (C=O) groups is 1. The van der Waals surface area contributed by atoms with E-state index >= 15 is 0 Å². The zero-order valence-corrected chi connectivity index (χ0v) is 11.6. The number of nitrogens with one attached hydrogen (secondary N) is 2. The van der Waals surface area contributed by atoms with Crippen LogP contribution in [-0.2, 0) is 9.53 Å². The van der Waals surface area contributed by atoms with Crippen molar-refractivity contribution in [3.63, 3.8) is 0 Å². The summed E-state index contributed by atoms with van der Waals surface area (Å²) in [6.45, 7) is 3.61. The molecule has 0 bridgehead atoms. The van der Waals surface area contributed by atoms with Crippen molar-refractivity contribution in [2.24, 2.45) is 5.92 Å². The van der Waals surface area contributed by atoms with Crippen LogP contribution in [0.4, 0.5) is 13.2 Å². The van der Waals surface area contributed by atoms with E-state index in [2.05, 4.69) is 10.6 Å². The molecule has 0 aromatic carbocycles. The first-order valence-corrected chi connectivity index (χ1v) is 7.22. The third-order valence-electron chi connectivity index (χ3n) is 2.74. The molecule has 8 heteroatoms. The quantitative estimate of drug-likeness (QED) is 0.697. The molecule has 0 spiro atoms. The molecule has 0 aliphatic carbocycles. The summed E-state index contributed by atoms with van der Waals surface area (Å²) in [7, 11) is 0. The van der Waals surface area contributed by atoms with Gasteiger partial charge >= 0.3 is 5.51 Å². The van der Waals surface area contributed by atoms with Gasteiger partial charge in [-0.25, -0.2) is 0 Å². The number of alkyl halides is 3. The number of halogens is 3. The average molecular weight is 300 g/mol. The fourth-order valence-corrected chi connectivity index (χ4v) is 2.25. The molecular formula is C11H19F3N2O2S. The predicted octanol–water partition coefficient (Wildman–Crippen LogP) is 1.37. The molecule has 19 heavy (non-hydrogen) atoms. The van der Waals surface area contributed by atoms with Gasteiger partial charge in [0.25, 0.3) is 0 Å². The molecule has 0 aromatic rings. The highest BCUT2D eigenvalue weighted by Gasteiger charge is 2.33. The Kier molecular flexibility index (Phi) is 6.95. The first kappa shape index (κ1) is 16.6. The van der Waals surface area contributed by atoms with Crippen LogP contribution in [0.1, 0.15) is 13.3 Å². The van der Waals surface area contributed by atoms with E-state index in [1.807, 2.05) is 6.92 Å². The number of rotatable bonds is 7. The summed E-state index contributed by atoms with van der Waals surface area (Å²) >= 11 is -0.129. The largest absolute Gasteiger partial charge is 0.441 e. The summed E-state index contributed by atoms with van der Waals surface area (Å²) < 4.78 is 40.9. The summed E-state index contributed by atoms with van der Waals surface area (Å²) in [6.07, 6.45) is 0.951. The maximum absolute atomic E-state index is 11.9. The molecule has 2 N–H and O–H groups in total. The van der Waals surface area contributed by atoms with Crippen molar-refractivity contribution in [3.8, 4) is 0 Å². The molecule has 2 atom stereocenters. The van der Waals surface area contributed by atoms with Crippen molar-refractivity contribution in [2.45, 2.75) is 24.9 Å². The van der Waals surface area contributed by atoms with Crippen molar-refractivity contribution in [3.05, 3.63) is 0 Å². The van der Waals surface area contributed by atoms with Gasteiger partial charge in [-0.3, -0.25) is 4.79 Å². The monoisotopic (exact) mass is 300 g/mol. The van der Waals surface area contributed by atoms with Crippen molar-refractivity contribution in [1.29, 1.82) is 0 Å². The summed E-state index contributed by atoms with van der Waals surface area (Å²) in [4.78, 5) is 11.8. The number of ether oxygens (including phenoxy) is 1. The Morgan fingerprint density at radius 1 is 1.37 bits per heavy atom. The molecule has 112 valence electrons. The van der Waals surface area contributed by atoms with Gasteiger partial charge in [0, 0.05) is 18.3 Å². The van der Waals surface area contributed by atoms with Crippen LogP contribution >= 0.6 is 11.8 Å². The molecule has 1 saturated heterocycles. The molecule has 0 aromatic heterocycles. The summed E-state index contributed by atoms with van der Waals surface area (Å²) in [5, 5.41) is 5.73. The van der Waals surface area contributed by atoms with Crippen molar-refractivity contribution >= 4 is 17.7 Å². The second-order valence-electron chi connectivity index (χ2n) is 4.29. The van der Waals surface area contributed by atoms with Gasteiger partial charge in [0.05, 0.1) is 19.1 Å². The van der Waals surface area contributed by atoms with E-state index in [9.17, 15) is 18.0 Å². The number of thioether (sulfide) groups is 1. The molecule has 4 nitrogen and oxygen atoms in total. The third kappa shape index (κ3) is 6.49. The lowest BCUT2D eigenvalue weighted by atomic mass is 10.0. The average Bonchev–Trinajstić information content (AvgIpc) is 2.79. The minimum atomic E-state index is -4.24. The second-order valence-corrected chi connectivity index (χ2v) is 5.45. The van der Waals surface area contributed by atoms with Crippen LogP contribution in [0.2, 0.25) is 0 Å². The summed E-state index contributed by atoms with van der Waals surface area (Å²) in [5.41, 5.74) is -4.24. The minimum absolute atomic E-state index is 0.0139. The molecule has 1 heterocycles. The van der Waals surface area contributed by atoms with Crippen LogP contribution in [-0.4, -0.2) is 49.5 Å². The van der Waals surface area contributed by atoms with Gasteiger partial charge < -0.3 is 15.4 Å². The van der Waals surface area contributed by atoms with E-state index in [1.54, 1.807) is 0 Å². The topological polar surface area (TPSA) is 50.4 Å². The number of hydrogen-bond acceptors (Lipinski definition) is 4. The highest BCUT2D eigenvalue weighted by atomic mass is 32.2. The van der Waals surface area contributed by atoms with Gasteiger partial charge in [-0.1, -0.05) is 6.92 Å². The second kappa shape index (κ2) is 7.96. The molecule has 1 aliphatic rings. The normalized spacial score (nSPS) is 23.6. The highest BCUT2D eigenvalue weighted by molar-refractivity contribution is 8.00. The molecule has 2 unspecified atom stereocenters. The number of carbonyl (C=O) groups excluding carboxylic acids is 1. The van der Waals surface area contributed by atoms with Crippen LogP contribution in [0.15, 0.2) is 0 Å². The van der Waals surface area contributed by atoms with Crippen LogP contribution in [0.5, 0.6) is 0 Å². The molecule has 0 radical (unpaired) electrons. The first-order valence-electron chi connectivity index (χ1n) is 6.23. The zero-order valence-electron chi connectivity index (χ0n) is 10.8. The maximum atomic E-state index is 11.9. The molecule has 1 aliphatic heterocycles. The minimum Gasteiger partial charge on any atom is -0.379 e. The molecular weight excluding hydrogens is 281 g/mol. The lowest BCUT2D eigenvalue weighted by Gasteiger charge is -2.18. The fourth-order valence-electron chi connectivity index (χ4n) is 1.82. The summed E-state index contributed by atoms with van der Waals surface area (Å²) in [5.74, 6) is -0.730. The third-order valence-corrected chi connectivity index (χ3v) is 3.48. The maximum Gasteiger partial charge on any atom is 0.441 e. The van der Waals surface area contributed by atoms with E-state index in [1.165, 1.54) is 0 Å². The van der Waals surface area contributed by atoms with E-state index < -0.39 is 5.51 Å². The number of amides is 1. The Balaban J connectivity index is 2.24. The van der Waals surface area contributed by atoms with Crippen molar-refractivity contribution in [2.75, 3.05) is 32.1 Å². The lowest BCUT2D eigenvalue weighted by molar-refractivity contribution is -0.125. The Bertz CT molecular complexity index is 290. The Morgan fingerprint density at radius 3 is 2.74 bits per heavy atom. The molecule has 1 rings (SSSR count). The van der Waals surface area contributed by atoms with Gasteiger partial charge in [0.15, 0.2) is 0 Å². The van der Waals surface area contributed by atoms with Crippen LogP contribution in [0, 0.1) is 5.92 Å². The van der Waals surface area contributed by atoms with Crippen LogP contribution in [0.3, 0.4) is 0 Å². The molecule has 0 saturated carbocycles. The van der Waals surface area contributed by atoms with E-state index in [0.29, 0.717) is 13.2 Å². The van der Waals surface area contributed by atoms with Crippen LogP contribution in [0.25, 0.3) is 0 Å². The highest BCUT2D eigenvalue weighted by Crippen LogP contribution is 2.29.